The molecule has 0 spiro atoms. The minimum atomic E-state index is -1.06. The van der Waals surface area contributed by atoms with Crippen molar-refractivity contribution in [3.8, 4) is 0 Å². The maximum Gasteiger partial charge on any atom is 0.337 e. The van der Waals surface area contributed by atoms with Gasteiger partial charge in [0.2, 0.25) is 0 Å². The minimum absolute atomic E-state index is 0.0785. The molecule has 5 nitrogen and oxygen atoms in total. The Morgan fingerprint density at radius 1 is 1.37 bits per heavy atom. The predicted molar refractivity (Wildman–Crippen MR) is 78.0 cm³/mol. The van der Waals surface area contributed by atoms with E-state index in [9.17, 15) is 9.59 Å². The van der Waals surface area contributed by atoms with Gasteiger partial charge < -0.3 is 15.7 Å². The van der Waals surface area contributed by atoms with Crippen LogP contribution in [0.4, 0.5) is 10.5 Å². The third kappa shape index (κ3) is 5.21. The van der Waals surface area contributed by atoms with Crippen molar-refractivity contribution in [3.63, 3.8) is 0 Å². The van der Waals surface area contributed by atoms with Gasteiger partial charge in [-0.2, -0.15) is 11.8 Å². The summed E-state index contributed by atoms with van der Waals surface area (Å²) in [5.41, 5.74) is 0.375. The van der Waals surface area contributed by atoms with E-state index in [-0.39, 0.29) is 11.6 Å². The van der Waals surface area contributed by atoms with Crippen molar-refractivity contribution in [1.29, 1.82) is 0 Å². The molecule has 1 aromatic rings. The maximum absolute atomic E-state index is 11.7. The molecule has 0 radical (unpaired) electrons. The lowest BCUT2D eigenvalue weighted by molar-refractivity contribution is 0.0698. The zero-order chi connectivity index (χ0) is 14.3. The first-order chi connectivity index (χ1) is 9.04. The summed E-state index contributed by atoms with van der Waals surface area (Å²) >= 11 is 1.72. The fourth-order valence-corrected chi connectivity index (χ4v) is 2.24. The van der Waals surface area contributed by atoms with Crippen LogP contribution in [-0.4, -0.2) is 35.7 Å². The predicted octanol–water partition coefficient (Wildman–Crippen LogP) is 2.51. The van der Waals surface area contributed by atoms with Crippen LogP contribution in [0.5, 0.6) is 0 Å². The number of nitrogens with one attached hydrogen (secondary N) is 2. The molecule has 2 amide bonds. The summed E-state index contributed by atoms with van der Waals surface area (Å²) < 4.78 is 0. The number of aromatic carboxylic acids is 1. The Balaban J connectivity index is 2.55. The van der Waals surface area contributed by atoms with Crippen LogP contribution < -0.4 is 10.6 Å². The molecule has 1 atom stereocenters. The Morgan fingerprint density at radius 3 is 2.68 bits per heavy atom. The summed E-state index contributed by atoms with van der Waals surface area (Å²) in [5, 5.41) is 14.3. The number of urea groups is 1. The quantitative estimate of drug-likeness (QED) is 0.749. The van der Waals surface area contributed by atoms with E-state index in [1.54, 1.807) is 30.0 Å². The molecular weight excluding hydrogens is 264 g/mol. The topological polar surface area (TPSA) is 78.4 Å². The minimum Gasteiger partial charge on any atom is -0.478 e. The number of carboxylic acid groups (broad SMARTS) is 1. The molecule has 0 aliphatic rings. The molecule has 1 rings (SSSR count). The molecule has 0 aromatic heterocycles. The highest BCUT2D eigenvalue weighted by Gasteiger charge is 2.11. The molecular formula is C13H18N2O3S. The SMILES string of the molecule is CSCC(C)CNC(=O)Nc1ccccc1C(=O)O. The number of rotatable bonds is 6. The summed E-state index contributed by atoms with van der Waals surface area (Å²) in [7, 11) is 0. The lowest BCUT2D eigenvalue weighted by Gasteiger charge is -2.13. The summed E-state index contributed by atoms with van der Waals surface area (Å²) in [5.74, 6) is 0.272. The average Bonchev–Trinajstić information content (AvgIpc) is 2.37. The third-order valence-corrected chi connectivity index (χ3v) is 3.37. The number of carbonyl (C=O) groups excluding carboxylic acids is 1. The summed E-state index contributed by atoms with van der Waals surface area (Å²) in [6.45, 7) is 2.60. The molecule has 1 aromatic carbocycles. The number of amides is 2. The summed E-state index contributed by atoms with van der Waals surface area (Å²) in [4.78, 5) is 22.7. The van der Waals surface area contributed by atoms with Crippen molar-refractivity contribution in [3.05, 3.63) is 29.8 Å². The number of para-hydroxylation sites is 1. The van der Waals surface area contributed by atoms with E-state index in [2.05, 4.69) is 10.6 Å². The number of carbonyl (C=O) groups is 2. The number of anilines is 1. The van der Waals surface area contributed by atoms with Crippen molar-refractivity contribution in [2.24, 2.45) is 5.92 Å². The van der Waals surface area contributed by atoms with Gasteiger partial charge in [-0.3, -0.25) is 0 Å². The average molecular weight is 282 g/mol. The third-order valence-electron chi connectivity index (χ3n) is 2.47. The van der Waals surface area contributed by atoms with Gasteiger partial charge in [-0.1, -0.05) is 19.1 Å². The van der Waals surface area contributed by atoms with E-state index in [1.807, 2.05) is 13.2 Å². The van der Waals surface area contributed by atoms with Gasteiger partial charge in [-0.05, 0) is 30.1 Å². The van der Waals surface area contributed by atoms with Crippen molar-refractivity contribution in [2.45, 2.75) is 6.92 Å². The van der Waals surface area contributed by atoms with E-state index in [0.717, 1.165) is 5.75 Å². The Labute approximate surface area is 116 Å². The lowest BCUT2D eigenvalue weighted by atomic mass is 10.2. The monoisotopic (exact) mass is 282 g/mol. The Morgan fingerprint density at radius 2 is 2.05 bits per heavy atom. The van der Waals surface area contributed by atoms with Crippen LogP contribution in [-0.2, 0) is 0 Å². The Bertz CT molecular complexity index is 451. The van der Waals surface area contributed by atoms with Gasteiger partial charge in [0.1, 0.15) is 0 Å². The van der Waals surface area contributed by atoms with Crippen molar-refractivity contribution >= 4 is 29.4 Å². The standard InChI is InChI=1S/C13H18N2O3S/c1-9(8-19-2)7-14-13(18)15-11-6-4-3-5-10(11)12(16)17/h3-6,9H,7-8H2,1-2H3,(H,16,17)(H2,14,15,18). The Kier molecular flexibility index (Phi) is 6.21. The fourth-order valence-electron chi connectivity index (χ4n) is 1.56. The first-order valence-corrected chi connectivity index (χ1v) is 7.30. The second-order valence-electron chi connectivity index (χ2n) is 4.25. The molecule has 0 heterocycles. The zero-order valence-electron chi connectivity index (χ0n) is 11.0. The lowest BCUT2D eigenvalue weighted by Crippen LogP contribution is -2.33. The number of hydrogen-bond acceptors (Lipinski definition) is 3. The molecule has 1 unspecified atom stereocenters. The second-order valence-corrected chi connectivity index (χ2v) is 5.16. The fraction of sp³-hybridized carbons (Fsp3) is 0.385. The van der Waals surface area contributed by atoms with Crippen LogP contribution in [0.15, 0.2) is 24.3 Å². The molecule has 0 bridgehead atoms. The van der Waals surface area contributed by atoms with Crippen molar-refractivity contribution in [2.75, 3.05) is 23.9 Å². The summed E-state index contributed by atoms with van der Waals surface area (Å²) in [6, 6.07) is 5.93. The smallest absolute Gasteiger partial charge is 0.337 e. The van der Waals surface area contributed by atoms with E-state index < -0.39 is 5.97 Å². The zero-order valence-corrected chi connectivity index (χ0v) is 11.8. The maximum atomic E-state index is 11.7. The van der Waals surface area contributed by atoms with E-state index in [4.69, 9.17) is 5.11 Å². The summed E-state index contributed by atoms with van der Waals surface area (Å²) in [6.07, 6.45) is 2.01. The molecule has 6 heteroatoms. The molecule has 0 saturated carbocycles. The highest BCUT2D eigenvalue weighted by atomic mass is 32.2. The van der Waals surface area contributed by atoms with Crippen LogP contribution >= 0.6 is 11.8 Å². The van der Waals surface area contributed by atoms with Gasteiger partial charge in [-0.15, -0.1) is 0 Å². The van der Waals surface area contributed by atoms with E-state index >= 15 is 0 Å². The molecule has 104 valence electrons. The van der Waals surface area contributed by atoms with Crippen LogP contribution in [0.1, 0.15) is 17.3 Å². The van der Waals surface area contributed by atoms with Crippen molar-refractivity contribution < 1.29 is 14.7 Å². The molecule has 0 aliphatic heterocycles. The van der Waals surface area contributed by atoms with Crippen LogP contribution in [0.3, 0.4) is 0 Å². The van der Waals surface area contributed by atoms with Crippen LogP contribution in [0, 0.1) is 5.92 Å². The molecule has 0 fully saturated rings. The second kappa shape index (κ2) is 7.68. The molecule has 19 heavy (non-hydrogen) atoms. The molecule has 3 N–H and O–H groups in total. The number of benzene rings is 1. The molecule has 0 saturated heterocycles. The van der Waals surface area contributed by atoms with Gasteiger partial charge >= 0.3 is 12.0 Å². The number of carboxylic acids is 1. The van der Waals surface area contributed by atoms with Gasteiger partial charge in [0, 0.05) is 6.54 Å². The van der Waals surface area contributed by atoms with Gasteiger partial charge in [0.25, 0.3) is 0 Å². The van der Waals surface area contributed by atoms with E-state index in [0.29, 0.717) is 18.2 Å². The van der Waals surface area contributed by atoms with Crippen LogP contribution in [0.2, 0.25) is 0 Å². The highest BCUT2D eigenvalue weighted by molar-refractivity contribution is 7.98. The van der Waals surface area contributed by atoms with Gasteiger partial charge in [0.05, 0.1) is 11.3 Å². The largest absolute Gasteiger partial charge is 0.478 e. The highest BCUT2D eigenvalue weighted by Crippen LogP contribution is 2.14. The number of hydrogen-bond donors (Lipinski definition) is 3. The first-order valence-electron chi connectivity index (χ1n) is 5.90. The van der Waals surface area contributed by atoms with E-state index in [1.165, 1.54) is 6.07 Å². The van der Waals surface area contributed by atoms with Crippen LogP contribution in [0.25, 0.3) is 0 Å². The van der Waals surface area contributed by atoms with Crippen molar-refractivity contribution in [1.82, 2.24) is 5.32 Å². The number of thioether (sulfide) groups is 1. The Hall–Kier alpha value is -1.69. The van der Waals surface area contributed by atoms with Gasteiger partial charge in [0.15, 0.2) is 0 Å². The molecule has 0 aliphatic carbocycles. The van der Waals surface area contributed by atoms with Gasteiger partial charge in [-0.25, -0.2) is 9.59 Å². The first kappa shape index (κ1) is 15.4. The normalized spacial score (nSPS) is 11.7.